The molecule has 0 fully saturated rings. The summed E-state index contributed by atoms with van der Waals surface area (Å²) in [6.07, 6.45) is 0. The zero-order chi connectivity index (χ0) is 43.7. The molecule has 11 aromatic rings. The number of benzene rings is 8. The summed E-state index contributed by atoms with van der Waals surface area (Å²) in [5.41, 5.74) is 12.2. The van der Waals surface area contributed by atoms with Gasteiger partial charge in [-0.15, -0.1) is 0 Å². The molecule has 8 heteroatoms. The highest BCUT2D eigenvalue weighted by Gasteiger charge is 2.22. The zero-order valence-electron chi connectivity index (χ0n) is 34.7. The van der Waals surface area contributed by atoms with Crippen LogP contribution in [0.15, 0.2) is 206 Å². The van der Waals surface area contributed by atoms with E-state index in [0.717, 1.165) is 83.4 Å². The van der Waals surface area contributed by atoms with Crippen LogP contribution in [0.4, 0.5) is 5.69 Å². The highest BCUT2D eigenvalue weighted by Crippen LogP contribution is 2.40. The molecule has 0 aliphatic rings. The number of aromatic nitrogens is 6. The molecule has 0 radical (unpaired) electrons. The average Bonchev–Trinajstić information content (AvgIpc) is 3.72. The molecule has 0 unspecified atom stereocenters. The molecule has 0 atom stereocenters. The summed E-state index contributed by atoms with van der Waals surface area (Å²) in [4.78, 5) is 29.5. The summed E-state index contributed by atoms with van der Waals surface area (Å²) in [5, 5.41) is 11.9. The van der Waals surface area contributed by atoms with E-state index in [0.29, 0.717) is 34.5 Å². The summed E-state index contributed by atoms with van der Waals surface area (Å²) in [7, 11) is 0. The van der Waals surface area contributed by atoms with Crippen molar-refractivity contribution in [1.29, 1.82) is 5.26 Å². The lowest BCUT2D eigenvalue weighted by molar-refractivity contribution is 1.06. The lowest BCUT2D eigenvalue weighted by atomic mass is 10.00. The molecule has 0 bridgehead atoms. The second kappa shape index (κ2) is 16.5. The van der Waals surface area contributed by atoms with Crippen LogP contribution in [0.5, 0.6) is 0 Å². The molecule has 0 N–H and O–H groups in total. The molecule has 65 heavy (non-hydrogen) atoms. The lowest BCUT2D eigenvalue weighted by Crippen LogP contribution is -2.04. The largest absolute Gasteiger partial charge is 0.309 e. The normalized spacial score (nSPS) is 11.0. The SMILES string of the molecule is [C-]#[N+]c1cc(C#N)cc(-c2ccc3c(c2)c2ccccc2n3-c2ccc(-c3cc(-c4ccccc4)nc(-c4ccccc4)n3)cc2-c2nc(-c3ccccc3)nc(-c3ccccc3)n2)c1. The topological polar surface area (TPSA) is 97.5 Å². The van der Waals surface area contributed by atoms with E-state index in [1.54, 1.807) is 6.07 Å². The van der Waals surface area contributed by atoms with E-state index in [9.17, 15) is 5.26 Å². The van der Waals surface area contributed by atoms with Crippen LogP contribution in [0.1, 0.15) is 5.56 Å². The van der Waals surface area contributed by atoms with Crippen LogP contribution < -0.4 is 0 Å². The lowest BCUT2D eigenvalue weighted by Gasteiger charge is -2.17. The van der Waals surface area contributed by atoms with Gasteiger partial charge < -0.3 is 4.57 Å². The van der Waals surface area contributed by atoms with E-state index < -0.39 is 0 Å². The Hall–Kier alpha value is -9.37. The van der Waals surface area contributed by atoms with Crippen LogP contribution in [0.3, 0.4) is 0 Å². The molecule has 0 spiro atoms. The number of para-hydroxylation sites is 1. The van der Waals surface area contributed by atoms with Crippen molar-refractivity contribution < 1.29 is 0 Å². The monoisotopic (exact) mass is 830 g/mol. The first-order valence-corrected chi connectivity index (χ1v) is 21.1. The molecule has 0 aliphatic carbocycles. The Morgan fingerprint density at radius 1 is 0.400 bits per heavy atom. The highest BCUT2D eigenvalue weighted by atomic mass is 15.1. The van der Waals surface area contributed by atoms with Gasteiger partial charge in [-0.05, 0) is 65.7 Å². The summed E-state index contributed by atoms with van der Waals surface area (Å²) in [6, 6.07) is 70.8. The Labute approximate surface area is 374 Å². The van der Waals surface area contributed by atoms with Gasteiger partial charge in [-0.1, -0.05) is 152 Å². The van der Waals surface area contributed by atoms with Crippen LogP contribution in [-0.4, -0.2) is 29.5 Å². The van der Waals surface area contributed by atoms with E-state index in [1.165, 1.54) is 0 Å². The third-order valence-electron chi connectivity index (χ3n) is 11.5. The summed E-state index contributed by atoms with van der Waals surface area (Å²) in [6.45, 7) is 7.69. The molecular weight excluding hydrogens is 797 g/mol. The summed E-state index contributed by atoms with van der Waals surface area (Å²) < 4.78 is 2.27. The fourth-order valence-corrected chi connectivity index (χ4v) is 8.39. The Bertz CT molecular complexity index is 3520. The number of hydrogen-bond donors (Lipinski definition) is 0. The quantitative estimate of drug-likeness (QED) is 0.141. The first-order chi connectivity index (χ1) is 32.1. The number of fused-ring (bicyclic) bond motifs is 3. The van der Waals surface area contributed by atoms with Crippen molar-refractivity contribution in [3.05, 3.63) is 223 Å². The van der Waals surface area contributed by atoms with E-state index in [4.69, 9.17) is 31.5 Å². The number of rotatable bonds is 8. The highest BCUT2D eigenvalue weighted by molar-refractivity contribution is 6.11. The molecule has 11 rings (SSSR count). The van der Waals surface area contributed by atoms with E-state index in [2.05, 4.69) is 76.1 Å². The van der Waals surface area contributed by atoms with Crippen LogP contribution in [0, 0.1) is 17.9 Å². The van der Waals surface area contributed by atoms with Crippen molar-refractivity contribution in [1.82, 2.24) is 29.5 Å². The average molecular weight is 831 g/mol. The van der Waals surface area contributed by atoms with Crippen LogP contribution in [-0.2, 0) is 0 Å². The van der Waals surface area contributed by atoms with Gasteiger partial charge in [0.2, 0.25) is 0 Å². The Kier molecular flexibility index (Phi) is 9.78. The zero-order valence-corrected chi connectivity index (χ0v) is 34.7. The third-order valence-corrected chi connectivity index (χ3v) is 11.5. The third kappa shape index (κ3) is 7.34. The van der Waals surface area contributed by atoms with Crippen molar-refractivity contribution >= 4 is 27.5 Å². The van der Waals surface area contributed by atoms with Crippen molar-refractivity contribution in [2.24, 2.45) is 0 Å². The van der Waals surface area contributed by atoms with Gasteiger partial charge in [0.15, 0.2) is 29.0 Å². The number of nitriles is 1. The molecule has 0 aliphatic heterocycles. The molecule has 302 valence electrons. The van der Waals surface area contributed by atoms with Crippen molar-refractivity contribution in [3.8, 4) is 90.9 Å². The molecule has 8 aromatic carbocycles. The van der Waals surface area contributed by atoms with Gasteiger partial charge in [0, 0.05) is 49.7 Å². The Morgan fingerprint density at radius 3 is 1.54 bits per heavy atom. The van der Waals surface area contributed by atoms with Crippen molar-refractivity contribution in [2.75, 3.05) is 0 Å². The Morgan fingerprint density at radius 2 is 0.923 bits per heavy atom. The maximum absolute atomic E-state index is 9.80. The fraction of sp³-hybridized carbons (Fsp3) is 0. The molecule has 0 amide bonds. The van der Waals surface area contributed by atoms with Crippen LogP contribution >= 0.6 is 0 Å². The van der Waals surface area contributed by atoms with Crippen LogP contribution in [0.25, 0.3) is 112 Å². The van der Waals surface area contributed by atoms with Gasteiger partial charge >= 0.3 is 0 Å². The maximum atomic E-state index is 9.80. The predicted octanol–water partition coefficient (Wildman–Crippen LogP) is 13.9. The first kappa shape index (κ1) is 38.5. The fourth-order valence-electron chi connectivity index (χ4n) is 8.39. The van der Waals surface area contributed by atoms with Gasteiger partial charge in [0.05, 0.1) is 40.8 Å². The van der Waals surface area contributed by atoms with E-state index in [1.807, 2.05) is 140 Å². The van der Waals surface area contributed by atoms with Gasteiger partial charge in [0.25, 0.3) is 0 Å². The summed E-state index contributed by atoms with van der Waals surface area (Å²) >= 11 is 0. The van der Waals surface area contributed by atoms with Gasteiger partial charge in [-0.2, -0.15) is 5.26 Å². The predicted molar refractivity (Wildman–Crippen MR) is 259 cm³/mol. The molecular formula is C57H34N8. The van der Waals surface area contributed by atoms with Gasteiger partial charge in [0.1, 0.15) is 0 Å². The van der Waals surface area contributed by atoms with Crippen molar-refractivity contribution in [3.63, 3.8) is 0 Å². The minimum Gasteiger partial charge on any atom is -0.309 e. The standard InChI is InChI=1S/C57H34N8/c1-59-45-31-37(36-58)30-44(32-45)42-26-28-52-47(33-42)46-24-14-15-25-51(46)65(52)53-29-27-43(50-35-49(38-16-6-2-7-17-38)60-54(61-50)39-18-8-3-9-19-39)34-48(53)57-63-55(40-20-10-4-11-21-40)62-56(64-57)41-22-12-5-13-23-41/h2-35H. The van der Waals surface area contributed by atoms with Gasteiger partial charge in [-0.3, -0.25) is 0 Å². The van der Waals surface area contributed by atoms with E-state index in [-0.39, 0.29) is 0 Å². The maximum Gasteiger partial charge on any atom is 0.189 e. The molecule has 3 aromatic heterocycles. The van der Waals surface area contributed by atoms with Crippen molar-refractivity contribution in [2.45, 2.75) is 0 Å². The smallest absolute Gasteiger partial charge is 0.189 e. The second-order valence-electron chi connectivity index (χ2n) is 15.5. The van der Waals surface area contributed by atoms with Gasteiger partial charge in [-0.25, -0.2) is 29.8 Å². The molecule has 0 saturated carbocycles. The molecule has 3 heterocycles. The molecule has 0 saturated heterocycles. The molecule has 8 nitrogen and oxygen atoms in total. The number of hydrogen-bond acceptors (Lipinski definition) is 6. The second-order valence-corrected chi connectivity index (χ2v) is 15.5. The Balaban J connectivity index is 1.19. The first-order valence-electron chi connectivity index (χ1n) is 21.1. The minimum absolute atomic E-state index is 0.420. The minimum atomic E-state index is 0.420. The summed E-state index contributed by atoms with van der Waals surface area (Å²) in [5.74, 6) is 2.22. The number of nitrogens with zero attached hydrogens (tertiary/aromatic N) is 8. The van der Waals surface area contributed by atoms with Crippen LogP contribution in [0.2, 0.25) is 0 Å². The van der Waals surface area contributed by atoms with E-state index >= 15 is 0 Å².